The highest BCUT2D eigenvalue weighted by Gasteiger charge is 2.31. The first-order valence-corrected chi connectivity index (χ1v) is 12.0. The topological polar surface area (TPSA) is 75.7 Å². The minimum Gasteiger partial charge on any atom is -0.497 e. The van der Waals surface area contributed by atoms with Gasteiger partial charge in [0.1, 0.15) is 11.8 Å². The summed E-state index contributed by atoms with van der Waals surface area (Å²) in [6.45, 7) is 6.13. The lowest BCUT2D eigenvalue weighted by Gasteiger charge is -2.30. The van der Waals surface area contributed by atoms with Gasteiger partial charge in [-0.05, 0) is 74.1 Å². The zero-order valence-electron chi connectivity index (χ0n) is 18.4. The molecule has 0 spiro atoms. The SMILES string of the molecule is CC[C@H](C(=O)NCCCc1ccc(OC)cc1)N(c1cc(C)cc(C)c1)S(C)(=O)=O. The molecular weight excluding hydrogens is 400 g/mol. The molecule has 0 heterocycles. The van der Waals surface area contributed by atoms with Gasteiger partial charge in [0.2, 0.25) is 15.9 Å². The number of hydrogen-bond donors (Lipinski definition) is 1. The normalized spacial score (nSPS) is 12.3. The van der Waals surface area contributed by atoms with Gasteiger partial charge in [-0.2, -0.15) is 0 Å². The van der Waals surface area contributed by atoms with Crippen LogP contribution >= 0.6 is 0 Å². The number of ether oxygens (including phenoxy) is 1. The van der Waals surface area contributed by atoms with Gasteiger partial charge < -0.3 is 10.1 Å². The Labute approximate surface area is 180 Å². The third-order valence-corrected chi connectivity index (χ3v) is 6.07. The van der Waals surface area contributed by atoms with E-state index in [-0.39, 0.29) is 5.91 Å². The van der Waals surface area contributed by atoms with Gasteiger partial charge in [-0.1, -0.05) is 25.1 Å². The number of nitrogens with one attached hydrogen (secondary N) is 1. The Morgan fingerprint density at radius 2 is 1.70 bits per heavy atom. The standard InChI is InChI=1S/C23H32N2O4S/c1-6-22(25(30(5,27)28)20-15-17(2)14-18(3)16-20)23(26)24-13-7-8-19-9-11-21(29-4)12-10-19/h9-12,14-16,22H,6-8,13H2,1-5H3,(H,24,26)/t22-/m1/s1. The summed E-state index contributed by atoms with van der Waals surface area (Å²) in [6.07, 6.45) is 3.10. The fourth-order valence-corrected chi connectivity index (χ4v) is 4.75. The van der Waals surface area contributed by atoms with Crippen molar-refractivity contribution < 1.29 is 17.9 Å². The second kappa shape index (κ2) is 10.5. The number of aryl methyl sites for hydroxylation is 3. The van der Waals surface area contributed by atoms with E-state index in [1.165, 1.54) is 4.31 Å². The summed E-state index contributed by atoms with van der Waals surface area (Å²) in [5.74, 6) is 0.530. The lowest BCUT2D eigenvalue weighted by molar-refractivity contribution is -0.122. The molecule has 2 aromatic carbocycles. The molecule has 1 amide bonds. The molecule has 0 aliphatic carbocycles. The van der Waals surface area contributed by atoms with Gasteiger partial charge in [0, 0.05) is 6.54 Å². The molecule has 7 heteroatoms. The largest absolute Gasteiger partial charge is 0.497 e. The van der Waals surface area contributed by atoms with Crippen LogP contribution in [-0.4, -0.2) is 40.3 Å². The minimum absolute atomic E-state index is 0.281. The van der Waals surface area contributed by atoms with Crippen LogP contribution in [0.15, 0.2) is 42.5 Å². The van der Waals surface area contributed by atoms with E-state index in [9.17, 15) is 13.2 Å². The average molecular weight is 433 g/mol. The van der Waals surface area contributed by atoms with Crippen molar-refractivity contribution in [2.75, 3.05) is 24.2 Å². The number of hydrogen-bond acceptors (Lipinski definition) is 4. The van der Waals surface area contributed by atoms with Crippen LogP contribution in [0.5, 0.6) is 5.75 Å². The Bertz CT molecular complexity index is 935. The molecule has 2 aromatic rings. The van der Waals surface area contributed by atoms with Gasteiger partial charge in [0.25, 0.3) is 0 Å². The van der Waals surface area contributed by atoms with Crippen molar-refractivity contribution in [3.63, 3.8) is 0 Å². The molecule has 164 valence electrons. The summed E-state index contributed by atoms with van der Waals surface area (Å²) in [4.78, 5) is 12.9. The van der Waals surface area contributed by atoms with E-state index in [0.29, 0.717) is 18.7 Å². The number of amides is 1. The summed E-state index contributed by atoms with van der Waals surface area (Å²) in [6, 6.07) is 12.6. The minimum atomic E-state index is -3.63. The maximum absolute atomic E-state index is 12.9. The maximum atomic E-state index is 12.9. The van der Waals surface area contributed by atoms with Crippen LogP contribution in [0, 0.1) is 13.8 Å². The summed E-state index contributed by atoms with van der Waals surface area (Å²) in [5.41, 5.74) is 3.59. The zero-order valence-corrected chi connectivity index (χ0v) is 19.3. The Kier molecular flexibility index (Phi) is 8.29. The zero-order chi connectivity index (χ0) is 22.3. The second-order valence-corrected chi connectivity index (χ2v) is 9.43. The van der Waals surface area contributed by atoms with Gasteiger partial charge in [-0.3, -0.25) is 9.10 Å². The molecule has 0 saturated heterocycles. The van der Waals surface area contributed by atoms with E-state index >= 15 is 0 Å². The number of benzene rings is 2. The monoisotopic (exact) mass is 432 g/mol. The van der Waals surface area contributed by atoms with E-state index in [1.54, 1.807) is 19.2 Å². The lowest BCUT2D eigenvalue weighted by atomic mass is 10.1. The molecule has 0 fully saturated rings. The fourth-order valence-electron chi connectivity index (χ4n) is 3.55. The molecule has 0 saturated carbocycles. The molecule has 2 rings (SSSR count). The molecule has 0 aliphatic rings. The molecule has 0 unspecified atom stereocenters. The van der Waals surface area contributed by atoms with Crippen LogP contribution in [0.4, 0.5) is 5.69 Å². The number of carbonyl (C=O) groups excluding carboxylic acids is 1. The average Bonchev–Trinajstić information content (AvgIpc) is 2.67. The van der Waals surface area contributed by atoms with Crippen molar-refractivity contribution >= 4 is 21.6 Å². The summed E-state index contributed by atoms with van der Waals surface area (Å²) >= 11 is 0. The summed E-state index contributed by atoms with van der Waals surface area (Å²) in [5, 5.41) is 2.91. The number of anilines is 1. The Morgan fingerprint density at radius 3 is 2.20 bits per heavy atom. The number of sulfonamides is 1. The fraction of sp³-hybridized carbons (Fsp3) is 0.435. The van der Waals surface area contributed by atoms with Gasteiger partial charge in [-0.25, -0.2) is 8.42 Å². The quantitative estimate of drug-likeness (QED) is 0.582. The maximum Gasteiger partial charge on any atom is 0.243 e. The first kappa shape index (κ1) is 23.7. The molecule has 1 atom stereocenters. The van der Waals surface area contributed by atoms with Crippen molar-refractivity contribution in [2.45, 2.75) is 46.1 Å². The molecular formula is C23H32N2O4S. The number of methoxy groups -OCH3 is 1. The first-order valence-electron chi connectivity index (χ1n) is 10.1. The van der Waals surface area contributed by atoms with Crippen LogP contribution in [-0.2, 0) is 21.2 Å². The molecule has 0 aliphatic heterocycles. The third kappa shape index (κ3) is 6.49. The van der Waals surface area contributed by atoms with Gasteiger partial charge in [0.05, 0.1) is 19.1 Å². The predicted octanol–water partition coefficient (Wildman–Crippen LogP) is 3.61. The number of carbonyl (C=O) groups is 1. The van der Waals surface area contributed by atoms with E-state index in [4.69, 9.17) is 4.74 Å². The number of rotatable bonds is 10. The molecule has 30 heavy (non-hydrogen) atoms. The molecule has 0 radical (unpaired) electrons. The van der Waals surface area contributed by atoms with Gasteiger partial charge in [-0.15, -0.1) is 0 Å². The third-order valence-electron chi connectivity index (χ3n) is 4.89. The van der Waals surface area contributed by atoms with E-state index in [2.05, 4.69) is 5.32 Å². The highest BCUT2D eigenvalue weighted by molar-refractivity contribution is 7.92. The van der Waals surface area contributed by atoms with E-state index in [0.717, 1.165) is 41.5 Å². The van der Waals surface area contributed by atoms with E-state index in [1.807, 2.05) is 51.1 Å². The van der Waals surface area contributed by atoms with Crippen LogP contribution in [0.2, 0.25) is 0 Å². The van der Waals surface area contributed by atoms with Gasteiger partial charge >= 0.3 is 0 Å². The van der Waals surface area contributed by atoms with Crippen LogP contribution in [0.1, 0.15) is 36.5 Å². The smallest absolute Gasteiger partial charge is 0.243 e. The molecule has 1 N–H and O–H groups in total. The molecule has 0 bridgehead atoms. The number of nitrogens with zero attached hydrogens (tertiary/aromatic N) is 1. The molecule has 6 nitrogen and oxygen atoms in total. The van der Waals surface area contributed by atoms with Crippen LogP contribution in [0.25, 0.3) is 0 Å². The highest BCUT2D eigenvalue weighted by Crippen LogP contribution is 2.25. The van der Waals surface area contributed by atoms with Crippen LogP contribution < -0.4 is 14.4 Å². The van der Waals surface area contributed by atoms with Crippen molar-refractivity contribution in [3.05, 3.63) is 59.2 Å². The Morgan fingerprint density at radius 1 is 1.10 bits per heavy atom. The van der Waals surface area contributed by atoms with Crippen molar-refractivity contribution in [1.82, 2.24) is 5.32 Å². The lowest BCUT2D eigenvalue weighted by Crippen LogP contribution is -2.49. The van der Waals surface area contributed by atoms with Crippen LogP contribution in [0.3, 0.4) is 0 Å². The Balaban J connectivity index is 2.06. The van der Waals surface area contributed by atoms with Crippen molar-refractivity contribution in [2.24, 2.45) is 0 Å². The predicted molar refractivity (Wildman–Crippen MR) is 122 cm³/mol. The Hall–Kier alpha value is -2.54. The van der Waals surface area contributed by atoms with Crippen molar-refractivity contribution in [3.8, 4) is 5.75 Å². The summed E-state index contributed by atoms with van der Waals surface area (Å²) < 4.78 is 31.5. The first-order chi connectivity index (χ1) is 14.2. The summed E-state index contributed by atoms with van der Waals surface area (Å²) in [7, 11) is -2.00. The van der Waals surface area contributed by atoms with Gasteiger partial charge in [0.15, 0.2) is 0 Å². The highest BCUT2D eigenvalue weighted by atomic mass is 32.2. The van der Waals surface area contributed by atoms with Crippen molar-refractivity contribution in [1.29, 1.82) is 0 Å². The van der Waals surface area contributed by atoms with E-state index < -0.39 is 16.1 Å². The molecule has 0 aromatic heterocycles. The second-order valence-electron chi connectivity index (χ2n) is 7.57.